The van der Waals surface area contributed by atoms with Gasteiger partial charge in [-0.25, -0.2) is 0 Å². The van der Waals surface area contributed by atoms with E-state index in [4.69, 9.17) is 0 Å². The van der Waals surface area contributed by atoms with Gasteiger partial charge in [-0.1, -0.05) is 27.7 Å². The first-order chi connectivity index (χ1) is 11.0. The minimum absolute atomic E-state index is 0.00251. The van der Waals surface area contributed by atoms with Crippen LogP contribution in [0.4, 0.5) is 0 Å². The molecule has 4 nitrogen and oxygen atoms in total. The third-order valence-corrected chi connectivity index (χ3v) is 4.52. The highest BCUT2D eigenvalue weighted by atomic mass is 16.2. The highest BCUT2D eigenvalue weighted by Crippen LogP contribution is 2.29. The smallest absolute Gasteiger partial charge is 0.251 e. The Morgan fingerprint density at radius 2 is 1.57 bits per heavy atom. The number of nitrogens with one attached hydrogen (secondary N) is 2. The second-order valence-electron chi connectivity index (χ2n) is 5.81. The Labute approximate surface area is 138 Å². The molecule has 1 amide bonds. The Balaban J connectivity index is 2.58. The molecule has 0 spiro atoms. The number of H-pyrrole nitrogens is 1. The molecule has 2 rings (SSSR count). The summed E-state index contributed by atoms with van der Waals surface area (Å²) in [5, 5.41) is 2.97. The number of aromatic amines is 1. The van der Waals surface area contributed by atoms with Crippen LogP contribution < -0.4 is 5.32 Å². The fraction of sp³-hybridized carbons (Fsp3) is 0.474. The molecule has 0 saturated heterocycles. The van der Waals surface area contributed by atoms with E-state index in [0.717, 1.165) is 53.8 Å². The van der Waals surface area contributed by atoms with E-state index in [0.29, 0.717) is 5.69 Å². The maximum atomic E-state index is 12.1. The molecule has 0 bridgehead atoms. The monoisotopic (exact) mass is 314 g/mol. The number of Topliss-reactive ketones (excluding diaryl/α,β-unsaturated/α-hetero) is 1. The fourth-order valence-electron chi connectivity index (χ4n) is 3.43. The van der Waals surface area contributed by atoms with Gasteiger partial charge in [0.2, 0.25) is 0 Å². The molecule has 4 heteroatoms. The molecule has 2 heterocycles. The maximum Gasteiger partial charge on any atom is 0.251 e. The van der Waals surface area contributed by atoms with E-state index < -0.39 is 0 Å². The Kier molecular flexibility index (Phi) is 5.24. The average Bonchev–Trinajstić information content (AvgIpc) is 3.03. The van der Waals surface area contributed by atoms with E-state index in [1.807, 2.05) is 13.0 Å². The minimum Gasteiger partial charge on any atom is -0.352 e. The number of amides is 1. The number of carbonyl (C=O) groups is 2. The van der Waals surface area contributed by atoms with Crippen molar-refractivity contribution in [3.63, 3.8) is 0 Å². The van der Waals surface area contributed by atoms with Gasteiger partial charge in [0.15, 0.2) is 5.78 Å². The van der Waals surface area contributed by atoms with Crippen molar-refractivity contribution in [3.05, 3.63) is 39.4 Å². The van der Waals surface area contributed by atoms with E-state index in [1.165, 1.54) is 5.56 Å². The van der Waals surface area contributed by atoms with Gasteiger partial charge in [0, 0.05) is 23.9 Å². The second kappa shape index (κ2) is 6.99. The number of rotatable bonds is 6. The van der Waals surface area contributed by atoms with Crippen LogP contribution in [0.25, 0.3) is 6.08 Å². The van der Waals surface area contributed by atoms with Gasteiger partial charge < -0.3 is 10.3 Å². The summed E-state index contributed by atoms with van der Waals surface area (Å²) in [7, 11) is 0. The molecule has 0 atom stereocenters. The summed E-state index contributed by atoms with van der Waals surface area (Å²) in [6, 6.07) is 0. The second-order valence-corrected chi connectivity index (χ2v) is 5.81. The molecule has 124 valence electrons. The van der Waals surface area contributed by atoms with Crippen LogP contribution in [-0.4, -0.2) is 16.7 Å². The van der Waals surface area contributed by atoms with Crippen LogP contribution in [0, 0.1) is 0 Å². The molecule has 1 aliphatic heterocycles. The van der Waals surface area contributed by atoms with Gasteiger partial charge in [-0.05, 0) is 48.5 Å². The Bertz CT molecular complexity index is 705. The van der Waals surface area contributed by atoms with Gasteiger partial charge in [-0.3, -0.25) is 9.59 Å². The third-order valence-electron chi connectivity index (χ3n) is 4.52. The molecule has 1 aliphatic rings. The molecule has 0 radical (unpaired) electrons. The predicted octanol–water partition coefficient (Wildman–Crippen LogP) is 3.93. The van der Waals surface area contributed by atoms with Crippen molar-refractivity contribution in [1.82, 2.24) is 10.3 Å². The molecule has 2 N–H and O–H groups in total. The van der Waals surface area contributed by atoms with Crippen molar-refractivity contribution in [2.24, 2.45) is 0 Å². The summed E-state index contributed by atoms with van der Waals surface area (Å²) in [6.07, 6.45) is 5.21. The summed E-state index contributed by atoms with van der Waals surface area (Å²) < 4.78 is 0. The van der Waals surface area contributed by atoms with E-state index >= 15 is 0 Å². The lowest BCUT2D eigenvalue weighted by Gasteiger charge is -2.05. The number of aromatic nitrogens is 1. The first-order valence-corrected chi connectivity index (χ1v) is 8.48. The number of ketones is 1. The summed E-state index contributed by atoms with van der Waals surface area (Å²) in [4.78, 5) is 27.2. The van der Waals surface area contributed by atoms with Crippen LogP contribution in [0.5, 0.6) is 0 Å². The van der Waals surface area contributed by atoms with Crippen LogP contribution >= 0.6 is 0 Å². The number of hydrogen-bond donors (Lipinski definition) is 2. The Morgan fingerprint density at radius 1 is 0.957 bits per heavy atom. The topological polar surface area (TPSA) is 62.0 Å². The van der Waals surface area contributed by atoms with Crippen molar-refractivity contribution >= 4 is 17.8 Å². The zero-order chi connectivity index (χ0) is 17.1. The molecule has 1 aromatic rings. The van der Waals surface area contributed by atoms with Crippen LogP contribution in [0.15, 0.2) is 16.8 Å². The predicted molar refractivity (Wildman–Crippen MR) is 93.3 cm³/mol. The first kappa shape index (κ1) is 17.3. The van der Waals surface area contributed by atoms with Crippen molar-refractivity contribution in [2.75, 3.05) is 0 Å². The van der Waals surface area contributed by atoms with Crippen LogP contribution in [-0.2, 0) is 17.6 Å². The number of hydrogen-bond acceptors (Lipinski definition) is 2. The van der Waals surface area contributed by atoms with Gasteiger partial charge >= 0.3 is 0 Å². The molecule has 0 unspecified atom stereocenters. The highest BCUT2D eigenvalue weighted by Gasteiger charge is 2.25. The maximum absolute atomic E-state index is 12.1. The average molecular weight is 314 g/mol. The first-order valence-electron chi connectivity index (χ1n) is 8.48. The van der Waals surface area contributed by atoms with Crippen molar-refractivity contribution < 1.29 is 9.59 Å². The van der Waals surface area contributed by atoms with Crippen molar-refractivity contribution in [1.29, 1.82) is 0 Å². The SMILES string of the molecule is CCC1=C(CC)/C(=C/c2[nH]c(C(C)=O)c(CC)c2CC)NC1=O. The molecule has 0 fully saturated rings. The molecule has 1 aromatic heterocycles. The number of allylic oxidation sites excluding steroid dienone is 1. The van der Waals surface area contributed by atoms with Crippen LogP contribution in [0.3, 0.4) is 0 Å². The summed E-state index contributed by atoms with van der Waals surface area (Å²) in [5.41, 5.74) is 6.70. The third kappa shape index (κ3) is 3.03. The van der Waals surface area contributed by atoms with Crippen LogP contribution in [0.1, 0.15) is 74.8 Å². The highest BCUT2D eigenvalue weighted by molar-refractivity contribution is 6.01. The lowest BCUT2D eigenvalue weighted by Crippen LogP contribution is -2.16. The Hall–Kier alpha value is -2.10. The molecule has 0 saturated carbocycles. The van der Waals surface area contributed by atoms with E-state index in [2.05, 4.69) is 31.1 Å². The zero-order valence-electron chi connectivity index (χ0n) is 14.7. The summed E-state index contributed by atoms with van der Waals surface area (Å²) in [6.45, 7) is 9.81. The van der Waals surface area contributed by atoms with Gasteiger partial charge in [0.25, 0.3) is 5.91 Å². The van der Waals surface area contributed by atoms with Crippen LogP contribution in [0.2, 0.25) is 0 Å². The normalized spacial score (nSPS) is 16.4. The number of carbonyl (C=O) groups excluding carboxylic acids is 2. The van der Waals surface area contributed by atoms with Gasteiger partial charge in [0.1, 0.15) is 0 Å². The largest absolute Gasteiger partial charge is 0.352 e. The fourth-order valence-corrected chi connectivity index (χ4v) is 3.43. The zero-order valence-corrected chi connectivity index (χ0v) is 14.7. The van der Waals surface area contributed by atoms with E-state index in [1.54, 1.807) is 6.92 Å². The lowest BCUT2D eigenvalue weighted by molar-refractivity contribution is -0.116. The van der Waals surface area contributed by atoms with Gasteiger partial charge in [-0.2, -0.15) is 0 Å². The molecular weight excluding hydrogens is 288 g/mol. The van der Waals surface area contributed by atoms with Crippen molar-refractivity contribution in [2.45, 2.75) is 60.3 Å². The quantitative estimate of drug-likeness (QED) is 0.782. The molecule has 0 aliphatic carbocycles. The summed E-state index contributed by atoms with van der Waals surface area (Å²) in [5.74, 6) is 0.0554. The molecule has 0 aromatic carbocycles. The van der Waals surface area contributed by atoms with E-state index in [-0.39, 0.29) is 11.7 Å². The van der Waals surface area contributed by atoms with Gasteiger partial charge in [0.05, 0.1) is 5.69 Å². The molecule has 23 heavy (non-hydrogen) atoms. The Morgan fingerprint density at radius 3 is 2.04 bits per heavy atom. The van der Waals surface area contributed by atoms with Gasteiger partial charge in [-0.15, -0.1) is 0 Å². The molecular formula is C19H26N2O2. The minimum atomic E-state index is 0.00251. The lowest BCUT2D eigenvalue weighted by atomic mass is 10.00. The standard InChI is InChI=1S/C19H26N2O2/c1-6-12-14(8-3)18(11(5)22)20-16(12)10-17-13(7-2)15(9-4)19(23)21-17/h10,20H,6-9H2,1-5H3,(H,21,23)/b17-10-. The van der Waals surface area contributed by atoms with E-state index in [9.17, 15) is 9.59 Å². The summed E-state index contributed by atoms with van der Waals surface area (Å²) >= 11 is 0. The van der Waals surface area contributed by atoms with Crippen molar-refractivity contribution in [3.8, 4) is 0 Å².